The second-order valence-corrected chi connectivity index (χ2v) is 3.38. The van der Waals surface area contributed by atoms with Crippen molar-refractivity contribution < 1.29 is 14.3 Å². The number of hydrogen-bond donors (Lipinski definition) is 0. The Morgan fingerprint density at radius 3 is 2.54 bits per heavy atom. The average molecular weight is 180 g/mol. The lowest BCUT2D eigenvalue weighted by Gasteiger charge is -2.28. The van der Waals surface area contributed by atoms with Gasteiger partial charge in [0, 0.05) is 0 Å². The van der Waals surface area contributed by atoms with E-state index >= 15 is 0 Å². The van der Waals surface area contributed by atoms with Gasteiger partial charge in [-0.15, -0.1) is 0 Å². The first-order valence-corrected chi connectivity index (χ1v) is 4.34. The van der Waals surface area contributed by atoms with Crippen LogP contribution in [-0.2, 0) is 14.3 Å². The van der Waals surface area contributed by atoms with Crippen molar-refractivity contribution in [2.75, 3.05) is 13.2 Å². The first-order chi connectivity index (χ1) is 6.14. The Morgan fingerprint density at radius 1 is 1.31 bits per heavy atom. The highest BCUT2D eigenvalue weighted by Gasteiger charge is 2.39. The molecule has 0 amide bonds. The Kier molecular flexibility index (Phi) is 1.86. The van der Waals surface area contributed by atoms with Crippen LogP contribution in [0, 0.1) is 0 Å². The van der Waals surface area contributed by atoms with Crippen molar-refractivity contribution in [1.29, 1.82) is 0 Å². The Balaban J connectivity index is 2.39. The molecule has 3 heteroatoms. The van der Waals surface area contributed by atoms with Crippen molar-refractivity contribution in [2.45, 2.75) is 19.6 Å². The number of rotatable bonds is 0. The largest absolute Gasteiger partial charge is 0.340 e. The molecule has 0 N–H and O–H groups in total. The summed E-state index contributed by atoms with van der Waals surface area (Å²) in [6.07, 6.45) is 3.35. The van der Waals surface area contributed by atoms with E-state index in [-0.39, 0.29) is 5.78 Å². The van der Waals surface area contributed by atoms with Crippen molar-refractivity contribution in [3.05, 3.63) is 23.3 Å². The third-order valence-electron chi connectivity index (χ3n) is 2.41. The fourth-order valence-corrected chi connectivity index (χ4v) is 1.62. The molecule has 2 aliphatic rings. The van der Waals surface area contributed by atoms with E-state index in [1.54, 1.807) is 19.1 Å². The predicted octanol–water partition coefficient (Wildman–Crippen LogP) is 1.20. The van der Waals surface area contributed by atoms with E-state index in [0.29, 0.717) is 18.8 Å². The van der Waals surface area contributed by atoms with Gasteiger partial charge in [-0.25, -0.2) is 0 Å². The van der Waals surface area contributed by atoms with Gasteiger partial charge in [0.15, 0.2) is 5.78 Å². The van der Waals surface area contributed by atoms with Gasteiger partial charge in [0.1, 0.15) is 0 Å². The third kappa shape index (κ3) is 1.24. The lowest BCUT2D eigenvalue weighted by atomic mass is 9.95. The van der Waals surface area contributed by atoms with Crippen LogP contribution < -0.4 is 0 Å². The predicted molar refractivity (Wildman–Crippen MR) is 47.2 cm³/mol. The second-order valence-electron chi connectivity index (χ2n) is 3.38. The fraction of sp³-hybridized carbons (Fsp3) is 0.500. The van der Waals surface area contributed by atoms with Gasteiger partial charge in [0.2, 0.25) is 5.79 Å². The van der Waals surface area contributed by atoms with Crippen LogP contribution in [0.5, 0.6) is 0 Å². The number of hydrogen-bond acceptors (Lipinski definition) is 3. The molecular weight excluding hydrogens is 168 g/mol. The van der Waals surface area contributed by atoms with Crippen LogP contribution >= 0.6 is 0 Å². The van der Waals surface area contributed by atoms with Crippen LogP contribution in [0.25, 0.3) is 0 Å². The van der Waals surface area contributed by atoms with Crippen LogP contribution in [0.15, 0.2) is 23.3 Å². The summed E-state index contributed by atoms with van der Waals surface area (Å²) in [6.45, 7) is 4.80. The zero-order valence-electron chi connectivity index (χ0n) is 7.79. The monoisotopic (exact) mass is 180 g/mol. The molecule has 2 rings (SSSR count). The van der Waals surface area contributed by atoms with Gasteiger partial charge in [-0.3, -0.25) is 4.79 Å². The van der Waals surface area contributed by atoms with Crippen LogP contribution in [0.2, 0.25) is 0 Å². The Hall–Kier alpha value is -0.930. The van der Waals surface area contributed by atoms with E-state index in [2.05, 4.69) is 0 Å². The molecule has 0 radical (unpaired) electrons. The van der Waals surface area contributed by atoms with E-state index in [1.165, 1.54) is 0 Å². The summed E-state index contributed by atoms with van der Waals surface area (Å²) in [4.78, 5) is 11.3. The maximum Gasteiger partial charge on any atom is 0.212 e. The van der Waals surface area contributed by atoms with Gasteiger partial charge in [-0.1, -0.05) is 0 Å². The lowest BCUT2D eigenvalue weighted by molar-refractivity contribution is -0.114. The third-order valence-corrected chi connectivity index (χ3v) is 2.41. The Bertz CT molecular complexity index is 306. The van der Waals surface area contributed by atoms with E-state index in [0.717, 1.165) is 5.57 Å². The molecule has 1 aliphatic carbocycles. The molecule has 0 atom stereocenters. The molecule has 1 spiro atoms. The van der Waals surface area contributed by atoms with Gasteiger partial charge in [0.25, 0.3) is 0 Å². The molecule has 1 fully saturated rings. The molecule has 0 bridgehead atoms. The van der Waals surface area contributed by atoms with Crippen molar-refractivity contribution in [3.63, 3.8) is 0 Å². The maximum atomic E-state index is 11.3. The van der Waals surface area contributed by atoms with Crippen molar-refractivity contribution in [2.24, 2.45) is 0 Å². The quantitative estimate of drug-likeness (QED) is 0.562. The van der Waals surface area contributed by atoms with Crippen molar-refractivity contribution in [1.82, 2.24) is 0 Å². The van der Waals surface area contributed by atoms with Crippen LogP contribution in [0.4, 0.5) is 0 Å². The minimum atomic E-state index is -0.738. The lowest BCUT2D eigenvalue weighted by Crippen LogP contribution is -2.33. The molecule has 1 saturated heterocycles. The van der Waals surface area contributed by atoms with Crippen LogP contribution in [0.3, 0.4) is 0 Å². The van der Waals surface area contributed by atoms with E-state index in [4.69, 9.17) is 9.47 Å². The standard InChI is InChI=1S/C10H12O3/c1-7-6-10(12-3-4-13-10)8(2)5-9(7)11/h5-6H,3-4H2,1-2H3. The molecule has 0 aromatic rings. The van der Waals surface area contributed by atoms with E-state index in [1.807, 2.05) is 6.92 Å². The molecule has 1 aliphatic heterocycles. The molecule has 0 unspecified atom stereocenters. The minimum Gasteiger partial charge on any atom is -0.340 e. The molecular formula is C10H12O3. The SMILES string of the molecule is CC1=CC2(OCCO2)C(C)=CC1=O. The first kappa shape index (κ1) is 8.66. The summed E-state index contributed by atoms with van der Waals surface area (Å²) in [5.74, 6) is -0.694. The smallest absolute Gasteiger partial charge is 0.212 e. The zero-order valence-corrected chi connectivity index (χ0v) is 7.79. The topological polar surface area (TPSA) is 35.5 Å². The highest BCUT2D eigenvalue weighted by Crippen LogP contribution is 2.33. The summed E-state index contributed by atoms with van der Waals surface area (Å²) >= 11 is 0. The molecule has 13 heavy (non-hydrogen) atoms. The molecule has 0 saturated carbocycles. The Labute approximate surface area is 77.0 Å². The number of allylic oxidation sites excluding steroid dienone is 2. The van der Waals surface area contributed by atoms with E-state index < -0.39 is 5.79 Å². The normalized spacial score (nSPS) is 26.2. The maximum absolute atomic E-state index is 11.3. The summed E-state index contributed by atoms with van der Waals surface area (Å²) in [6, 6.07) is 0. The molecule has 70 valence electrons. The first-order valence-electron chi connectivity index (χ1n) is 4.34. The van der Waals surface area contributed by atoms with E-state index in [9.17, 15) is 4.79 Å². The van der Waals surface area contributed by atoms with Gasteiger partial charge in [-0.05, 0) is 37.1 Å². The van der Waals surface area contributed by atoms with Gasteiger partial charge in [-0.2, -0.15) is 0 Å². The van der Waals surface area contributed by atoms with Gasteiger partial charge in [0.05, 0.1) is 13.2 Å². The van der Waals surface area contributed by atoms with Gasteiger partial charge >= 0.3 is 0 Å². The summed E-state index contributed by atoms with van der Waals surface area (Å²) in [5.41, 5.74) is 1.52. The van der Waals surface area contributed by atoms with Crippen LogP contribution in [0.1, 0.15) is 13.8 Å². The van der Waals surface area contributed by atoms with Crippen molar-refractivity contribution in [3.8, 4) is 0 Å². The highest BCUT2D eigenvalue weighted by atomic mass is 16.7. The number of ether oxygens (including phenoxy) is 2. The average Bonchev–Trinajstić information content (AvgIpc) is 2.51. The summed E-state index contributed by atoms with van der Waals surface area (Å²) < 4.78 is 11.0. The summed E-state index contributed by atoms with van der Waals surface area (Å²) in [5, 5.41) is 0. The number of ketones is 1. The van der Waals surface area contributed by atoms with Crippen LogP contribution in [-0.4, -0.2) is 24.8 Å². The zero-order chi connectivity index (χ0) is 9.47. The highest BCUT2D eigenvalue weighted by molar-refractivity contribution is 6.05. The molecule has 0 aromatic carbocycles. The Morgan fingerprint density at radius 2 is 1.92 bits per heavy atom. The molecule has 3 nitrogen and oxygen atoms in total. The number of carbonyl (C=O) groups excluding carboxylic acids is 1. The second kappa shape index (κ2) is 2.79. The number of carbonyl (C=O) groups is 1. The molecule has 1 heterocycles. The van der Waals surface area contributed by atoms with Gasteiger partial charge < -0.3 is 9.47 Å². The van der Waals surface area contributed by atoms with Crippen molar-refractivity contribution >= 4 is 5.78 Å². The molecule has 0 aromatic heterocycles. The summed E-state index contributed by atoms with van der Waals surface area (Å²) in [7, 11) is 0. The fourth-order valence-electron chi connectivity index (χ4n) is 1.62. The minimum absolute atomic E-state index is 0.0437.